The highest BCUT2D eigenvalue weighted by molar-refractivity contribution is 5.87. The van der Waals surface area contributed by atoms with Gasteiger partial charge in [-0.15, -0.1) is 0 Å². The standard InChI is InChI=1S/C6H10O3/c1-3-9-6(8)5(2)4-7/h4,7H,3H2,1-2H3. The number of hydrogen-bond acceptors (Lipinski definition) is 3. The minimum absolute atomic E-state index is 0.219. The lowest BCUT2D eigenvalue weighted by atomic mass is 10.3. The molecule has 0 aromatic rings. The van der Waals surface area contributed by atoms with Crippen molar-refractivity contribution >= 4 is 5.97 Å². The fourth-order valence-corrected chi connectivity index (χ4v) is 0.298. The summed E-state index contributed by atoms with van der Waals surface area (Å²) in [4.78, 5) is 10.5. The lowest BCUT2D eigenvalue weighted by Gasteiger charge is -1.97. The zero-order valence-electron chi connectivity index (χ0n) is 5.55. The van der Waals surface area contributed by atoms with Crippen LogP contribution in [0.5, 0.6) is 0 Å². The Morgan fingerprint density at radius 2 is 2.33 bits per heavy atom. The van der Waals surface area contributed by atoms with E-state index >= 15 is 0 Å². The molecule has 0 saturated heterocycles. The Balaban J connectivity index is 3.74. The summed E-state index contributed by atoms with van der Waals surface area (Å²) in [5.74, 6) is -0.472. The quantitative estimate of drug-likeness (QED) is 0.344. The molecule has 9 heavy (non-hydrogen) atoms. The monoisotopic (exact) mass is 130 g/mol. The van der Waals surface area contributed by atoms with Crippen LogP contribution in [0.2, 0.25) is 0 Å². The molecule has 0 aliphatic rings. The fourth-order valence-electron chi connectivity index (χ4n) is 0.298. The zero-order chi connectivity index (χ0) is 7.28. The van der Waals surface area contributed by atoms with E-state index in [9.17, 15) is 4.79 Å². The van der Waals surface area contributed by atoms with E-state index in [0.717, 1.165) is 6.26 Å². The van der Waals surface area contributed by atoms with Gasteiger partial charge in [-0.3, -0.25) is 0 Å². The molecular weight excluding hydrogens is 120 g/mol. The van der Waals surface area contributed by atoms with Gasteiger partial charge in [0.15, 0.2) is 0 Å². The molecule has 0 saturated carbocycles. The molecule has 0 bridgehead atoms. The van der Waals surface area contributed by atoms with Gasteiger partial charge in [-0.1, -0.05) is 0 Å². The summed E-state index contributed by atoms with van der Waals surface area (Å²) in [7, 11) is 0. The first-order chi connectivity index (χ1) is 4.22. The normalized spacial score (nSPS) is 11.1. The molecule has 0 unspecified atom stereocenters. The van der Waals surface area contributed by atoms with E-state index in [2.05, 4.69) is 4.74 Å². The number of rotatable bonds is 2. The number of carbonyl (C=O) groups excluding carboxylic acids is 1. The molecule has 0 aromatic carbocycles. The van der Waals surface area contributed by atoms with Crippen LogP contribution in [0.25, 0.3) is 0 Å². The molecular formula is C6H10O3. The predicted molar refractivity (Wildman–Crippen MR) is 33.0 cm³/mol. The molecule has 0 spiro atoms. The third kappa shape index (κ3) is 2.74. The van der Waals surface area contributed by atoms with Gasteiger partial charge >= 0.3 is 5.97 Å². The van der Waals surface area contributed by atoms with Crippen molar-refractivity contribution in [3.63, 3.8) is 0 Å². The number of carbonyl (C=O) groups is 1. The lowest BCUT2D eigenvalue weighted by Crippen LogP contribution is -2.04. The van der Waals surface area contributed by atoms with E-state index < -0.39 is 5.97 Å². The van der Waals surface area contributed by atoms with Gasteiger partial charge in [0.2, 0.25) is 0 Å². The van der Waals surface area contributed by atoms with Crippen LogP contribution in [0.15, 0.2) is 11.8 Å². The van der Waals surface area contributed by atoms with Crippen molar-refractivity contribution in [3.05, 3.63) is 11.8 Å². The third-order valence-electron chi connectivity index (χ3n) is 0.791. The molecule has 1 N–H and O–H groups in total. The number of aliphatic hydroxyl groups is 1. The van der Waals surface area contributed by atoms with Gasteiger partial charge in [0.25, 0.3) is 0 Å². The molecule has 0 aliphatic carbocycles. The van der Waals surface area contributed by atoms with Gasteiger partial charge in [0.05, 0.1) is 18.4 Å². The molecule has 0 heterocycles. The van der Waals surface area contributed by atoms with E-state index in [-0.39, 0.29) is 5.57 Å². The van der Waals surface area contributed by atoms with E-state index in [1.54, 1.807) is 6.92 Å². The molecule has 0 radical (unpaired) electrons. The predicted octanol–water partition coefficient (Wildman–Crippen LogP) is 1.01. The number of aliphatic hydroxyl groups excluding tert-OH is 1. The summed E-state index contributed by atoms with van der Waals surface area (Å²) in [6.07, 6.45) is 0.734. The zero-order valence-corrected chi connectivity index (χ0v) is 5.55. The smallest absolute Gasteiger partial charge is 0.336 e. The van der Waals surface area contributed by atoms with Crippen molar-refractivity contribution in [3.8, 4) is 0 Å². The van der Waals surface area contributed by atoms with Crippen molar-refractivity contribution < 1.29 is 14.6 Å². The van der Waals surface area contributed by atoms with Crippen LogP contribution in [0.3, 0.4) is 0 Å². The highest BCUT2D eigenvalue weighted by atomic mass is 16.5. The first-order valence-electron chi connectivity index (χ1n) is 2.70. The van der Waals surface area contributed by atoms with Gasteiger partial charge in [-0.25, -0.2) is 4.79 Å². The first-order valence-corrected chi connectivity index (χ1v) is 2.70. The third-order valence-corrected chi connectivity index (χ3v) is 0.791. The van der Waals surface area contributed by atoms with Crippen molar-refractivity contribution in [1.82, 2.24) is 0 Å². The highest BCUT2D eigenvalue weighted by Gasteiger charge is 2.01. The molecule has 0 amide bonds. The van der Waals surface area contributed by atoms with E-state index in [1.165, 1.54) is 6.92 Å². The second-order valence-electron chi connectivity index (χ2n) is 1.53. The van der Waals surface area contributed by atoms with Gasteiger partial charge in [-0.05, 0) is 13.8 Å². The van der Waals surface area contributed by atoms with Crippen LogP contribution in [-0.4, -0.2) is 17.7 Å². The highest BCUT2D eigenvalue weighted by Crippen LogP contribution is 1.92. The van der Waals surface area contributed by atoms with Gasteiger partial charge in [-0.2, -0.15) is 0 Å². The Kier molecular flexibility index (Phi) is 3.51. The Morgan fingerprint density at radius 1 is 1.78 bits per heavy atom. The van der Waals surface area contributed by atoms with Crippen LogP contribution in [-0.2, 0) is 9.53 Å². The molecule has 52 valence electrons. The maximum absolute atomic E-state index is 10.5. The summed E-state index contributed by atoms with van der Waals surface area (Å²) in [6, 6.07) is 0. The second-order valence-corrected chi connectivity index (χ2v) is 1.53. The maximum atomic E-state index is 10.5. The molecule has 0 rings (SSSR count). The van der Waals surface area contributed by atoms with Crippen LogP contribution in [0.1, 0.15) is 13.8 Å². The molecule has 3 nitrogen and oxygen atoms in total. The van der Waals surface area contributed by atoms with Crippen LogP contribution in [0.4, 0.5) is 0 Å². The summed E-state index contributed by atoms with van der Waals surface area (Å²) in [6.45, 7) is 3.53. The van der Waals surface area contributed by atoms with Gasteiger partial charge in [0.1, 0.15) is 0 Å². The van der Waals surface area contributed by atoms with Crippen molar-refractivity contribution in [2.24, 2.45) is 0 Å². The van der Waals surface area contributed by atoms with Crippen molar-refractivity contribution in [2.75, 3.05) is 6.61 Å². The van der Waals surface area contributed by atoms with Crippen molar-refractivity contribution in [1.29, 1.82) is 0 Å². The number of hydrogen-bond donors (Lipinski definition) is 1. The average Bonchev–Trinajstić information content (AvgIpc) is 1.87. The Hall–Kier alpha value is -0.990. The first kappa shape index (κ1) is 8.01. The minimum Gasteiger partial charge on any atom is -0.515 e. The van der Waals surface area contributed by atoms with Gasteiger partial charge < -0.3 is 9.84 Å². The molecule has 0 atom stereocenters. The van der Waals surface area contributed by atoms with Crippen LogP contribution >= 0.6 is 0 Å². The van der Waals surface area contributed by atoms with E-state index in [0.29, 0.717) is 6.61 Å². The summed E-state index contributed by atoms with van der Waals surface area (Å²) < 4.78 is 4.53. The number of ether oxygens (including phenoxy) is 1. The van der Waals surface area contributed by atoms with Crippen molar-refractivity contribution in [2.45, 2.75) is 13.8 Å². The molecule has 0 fully saturated rings. The molecule has 0 aliphatic heterocycles. The largest absolute Gasteiger partial charge is 0.515 e. The summed E-state index contributed by atoms with van der Waals surface area (Å²) in [5.41, 5.74) is 0.219. The SMILES string of the molecule is CCOC(=O)C(C)=CO. The van der Waals surface area contributed by atoms with E-state index in [1.807, 2.05) is 0 Å². The van der Waals surface area contributed by atoms with E-state index in [4.69, 9.17) is 5.11 Å². The fraction of sp³-hybridized carbons (Fsp3) is 0.500. The second kappa shape index (κ2) is 3.95. The Labute approximate surface area is 53.9 Å². The minimum atomic E-state index is -0.472. The number of esters is 1. The van der Waals surface area contributed by atoms with Crippen LogP contribution in [0, 0.1) is 0 Å². The summed E-state index contributed by atoms with van der Waals surface area (Å²) in [5, 5.41) is 8.27. The average molecular weight is 130 g/mol. The maximum Gasteiger partial charge on any atom is 0.336 e. The Bertz CT molecular complexity index is 126. The molecule has 3 heteroatoms. The Morgan fingerprint density at radius 3 is 2.67 bits per heavy atom. The molecule has 0 aromatic heterocycles. The lowest BCUT2D eigenvalue weighted by molar-refractivity contribution is -0.138. The summed E-state index contributed by atoms with van der Waals surface area (Å²) >= 11 is 0. The van der Waals surface area contributed by atoms with Gasteiger partial charge in [0, 0.05) is 0 Å². The van der Waals surface area contributed by atoms with Crippen LogP contribution < -0.4 is 0 Å². The topological polar surface area (TPSA) is 46.5 Å².